The summed E-state index contributed by atoms with van der Waals surface area (Å²) in [6.45, 7) is 10.7. The van der Waals surface area contributed by atoms with Gasteiger partial charge in [0.25, 0.3) is 0 Å². The van der Waals surface area contributed by atoms with E-state index >= 15 is 0 Å². The van der Waals surface area contributed by atoms with Crippen LogP contribution in [-0.2, 0) is 16.0 Å². The van der Waals surface area contributed by atoms with Crippen molar-refractivity contribution in [2.24, 2.45) is 4.99 Å². The second-order valence-corrected chi connectivity index (χ2v) is 6.36. The first-order chi connectivity index (χ1) is 13.1. The lowest BCUT2D eigenvalue weighted by atomic mass is 10.2. The number of aliphatic imine (C=N–C) groups is 1. The molecule has 1 aromatic rings. The first-order valence-corrected chi connectivity index (χ1v) is 10.0. The van der Waals surface area contributed by atoms with E-state index < -0.39 is 0 Å². The van der Waals surface area contributed by atoms with Gasteiger partial charge in [-0.2, -0.15) is 0 Å². The van der Waals surface area contributed by atoms with Gasteiger partial charge in [-0.05, 0) is 39.2 Å². The van der Waals surface area contributed by atoms with Gasteiger partial charge >= 0.3 is 0 Å². The molecule has 0 bridgehead atoms. The van der Waals surface area contributed by atoms with Crippen LogP contribution in [0.4, 0.5) is 0 Å². The Hall–Kier alpha value is -1.35. The highest BCUT2D eigenvalue weighted by Crippen LogP contribution is 2.00. The molecule has 1 N–H and O–H groups in total. The van der Waals surface area contributed by atoms with Crippen LogP contribution < -0.4 is 5.32 Å². The van der Waals surface area contributed by atoms with Crippen LogP contribution in [0.15, 0.2) is 35.3 Å². The van der Waals surface area contributed by atoms with Gasteiger partial charge in [-0.15, -0.1) is 24.0 Å². The molecule has 6 nitrogen and oxygen atoms in total. The van der Waals surface area contributed by atoms with E-state index in [-0.39, 0.29) is 29.9 Å². The largest absolute Gasteiger partial charge is 0.381 e. The smallest absolute Gasteiger partial charge is 0.242 e. The zero-order chi connectivity index (χ0) is 19.9. The molecule has 0 aliphatic heterocycles. The standard InChI is InChI=1S/C21H36N4O2.HI/c1-5-22-21(24(4)18-20(26)25(6-2)7-3)23-15-11-16-27-17-14-19-12-9-8-10-13-19;/h8-10,12-13H,5-7,11,14-18H2,1-4H3,(H,22,23);1H. The van der Waals surface area contributed by atoms with Crippen LogP contribution in [-0.4, -0.2) is 74.7 Å². The summed E-state index contributed by atoms with van der Waals surface area (Å²) in [6.07, 6.45) is 1.80. The summed E-state index contributed by atoms with van der Waals surface area (Å²) in [5.41, 5.74) is 1.30. The van der Waals surface area contributed by atoms with Crippen molar-refractivity contribution in [2.45, 2.75) is 33.6 Å². The summed E-state index contributed by atoms with van der Waals surface area (Å²) in [4.78, 5) is 20.6. The number of carbonyl (C=O) groups excluding carboxylic acids is 1. The zero-order valence-electron chi connectivity index (χ0n) is 17.8. The number of carbonyl (C=O) groups is 1. The van der Waals surface area contributed by atoms with Gasteiger partial charge < -0.3 is 19.9 Å². The van der Waals surface area contributed by atoms with Gasteiger partial charge in [-0.1, -0.05) is 30.3 Å². The second kappa shape index (κ2) is 16.6. The lowest BCUT2D eigenvalue weighted by Crippen LogP contribution is -2.45. The van der Waals surface area contributed by atoms with Crippen molar-refractivity contribution in [1.82, 2.24) is 15.1 Å². The van der Waals surface area contributed by atoms with Crippen LogP contribution in [0, 0.1) is 0 Å². The molecule has 0 unspecified atom stereocenters. The number of hydrogen-bond acceptors (Lipinski definition) is 3. The Morgan fingerprint density at radius 1 is 1.11 bits per heavy atom. The topological polar surface area (TPSA) is 57.2 Å². The van der Waals surface area contributed by atoms with E-state index in [0.717, 1.165) is 45.0 Å². The fraction of sp³-hybridized carbons (Fsp3) is 0.619. The molecule has 0 fully saturated rings. The molecular weight excluding hydrogens is 467 g/mol. The van der Waals surface area contributed by atoms with Crippen LogP contribution >= 0.6 is 24.0 Å². The minimum Gasteiger partial charge on any atom is -0.381 e. The molecule has 160 valence electrons. The number of halogens is 1. The third kappa shape index (κ3) is 10.8. The van der Waals surface area contributed by atoms with Gasteiger partial charge in [0.05, 0.1) is 13.2 Å². The third-order valence-corrected chi connectivity index (χ3v) is 4.27. The zero-order valence-corrected chi connectivity index (χ0v) is 20.1. The van der Waals surface area contributed by atoms with E-state index in [4.69, 9.17) is 4.74 Å². The fourth-order valence-corrected chi connectivity index (χ4v) is 2.71. The molecule has 0 aliphatic carbocycles. The van der Waals surface area contributed by atoms with Crippen molar-refractivity contribution in [3.05, 3.63) is 35.9 Å². The molecule has 0 saturated carbocycles. The van der Waals surface area contributed by atoms with Crippen molar-refractivity contribution in [1.29, 1.82) is 0 Å². The molecule has 1 rings (SSSR count). The summed E-state index contributed by atoms with van der Waals surface area (Å²) < 4.78 is 5.70. The Bertz CT molecular complexity index is 551. The van der Waals surface area contributed by atoms with Gasteiger partial charge in [-0.3, -0.25) is 9.79 Å². The minimum absolute atomic E-state index is 0. The average Bonchev–Trinajstić information content (AvgIpc) is 2.68. The number of nitrogens with one attached hydrogen (secondary N) is 1. The Labute approximate surface area is 187 Å². The van der Waals surface area contributed by atoms with Crippen molar-refractivity contribution in [3.63, 3.8) is 0 Å². The first-order valence-electron chi connectivity index (χ1n) is 10.0. The lowest BCUT2D eigenvalue weighted by molar-refractivity contribution is -0.131. The molecule has 0 saturated heterocycles. The Balaban J connectivity index is 0.00000729. The molecule has 0 spiro atoms. The molecule has 7 heteroatoms. The molecule has 0 heterocycles. The highest BCUT2D eigenvalue weighted by atomic mass is 127. The van der Waals surface area contributed by atoms with Crippen LogP contribution in [0.2, 0.25) is 0 Å². The van der Waals surface area contributed by atoms with E-state index in [1.54, 1.807) is 0 Å². The predicted molar refractivity (Wildman–Crippen MR) is 128 cm³/mol. The highest BCUT2D eigenvalue weighted by Gasteiger charge is 2.14. The number of amides is 1. The van der Waals surface area contributed by atoms with Gasteiger partial charge in [-0.25, -0.2) is 0 Å². The normalized spacial score (nSPS) is 10.9. The second-order valence-electron chi connectivity index (χ2n) is 6.36. The van der Waals surface area contributed by atoms with E-state index in [9.17, 15) is 4.79 Å². The van der Waals surface area contributed by atoms with Crippen LogP contribution in [0.25, 0.3) is 0 Å². The predicted octanol–water partition coefficient (Wildman–Crippen LogP) is 3.02. The number of nitrogens with zero attached hydrogens (tertiary/aromatic N) is 3. The Morgan fingerprint density at radius 3 is 2.39 bits per heavy atom. The van der Waals surface area contributed by atoms with Gasteiger partial charge in [0, 0.05) is 39.8 Å². The maximum absolute atomic E-state index is 12.3. The monoisotopic (exact) mass is 504 g/mol. The van der Waals surface area contributed by atoms with E-state index in [1.807, 2.05) is 55.8 Å². The van der Waals surface area contributed by atoms with Gasteiger partial charge in [0.1, 0.15) is 0 Å². The first kappa shape index (κ1) is 26.6. The highest BCUT2D eigenvalue weighted by molar-refractivity contribution is 14.0. The molecule has 28 heavy (non-hydrogen) atoms. The fourth-order valence-electron chi connectivity index (χ4n) is 2.71. The Kier molecular flexibility index (Phi) is 15.8. The number of ether oxygens (including phenoxy) is 1. The van der Waals surface area contributed by atoms with Crippen molar-refractivity contribution in [2.75, 3.05) is 53.0 Å². The summed E-state index contributed by atoms with van der Waals surface area (Å²) in [7, 11) is 1.90. The molecule has 1 aromatic carbocycles. The maximum Gasteiger partial charge on any atom is 0.242 e. The van der Waals surface area contributed by atoms with Crippen LogP contribution in [0.3, 0.4) is 0 Å². The Morgan fingerprint density at radius 2 is 1.79 bits per heavy atom. The quantitative estimate of drug-likeness (QED) is 0.206. The molecule has 0 aromatic heterocycles. The summed E-state index contributed by atoms with van der Waals surface area (Å²) in [6, 6.07) is 10.4. The number of rotatable bonds is 12. The van der Waals surface area contributed by atoms with Gasteiger partial charge in [0.15, 0.2) is 5.96 Å². The summed E-state index contributed by atoms with van der Waals surface area (Å²) in [5.74, 6) is 0.889. The van der Waals surface area contributed by atoms with Crippen molar-refractivity contribution >= 4 is 35.8 Å². The molecule has 0 aliphatic rings. The van der Waals surface area contributed by atoms with Crippen LogP contribution in [0.1, 0.15) is 32.8 Å². The van der Waals surface area contributed by atoms with Crippen molar-refractivity contribution < 1.29 is 9.53 Å². The van der Waals surface area contributed by atoms with E-state index in [1.165, 1.54) is 5.56 Å². The van der Waals surface area contributed by atoms with E-state index in [2.05, 4.69) is 22.4 Å². The number of guanidine groups is 1. The minimum atomic E-state index is 0. The molecule has 0 radical (unpaired) electrons. The summed E-state index contributed by atoms with van der Waals surface area (Å²) in [5, 5.41) is 3.25. The van der Waals surface area contributed by atoms with Gasteiger partial charge in [0.2, 0.25) is 5.91 Å². The van der Waals surface area contributed by atoms with Crippen molar-refractivity contribution in [3.8, 4) is 0 Å². The number of likely N-dealkylation sites (N-methyl/N-ethyl adjacent to an activating group) is 2. The third-order valence-electron chi connectivity index (χ3n) is 4.27. The SMILES string of the molecule is CCNC(=NCCCOCCc1ccccc1)N(C)CC(=O)N(CC)CC.I. The number of benzene rings is 1. The number of hydrogen-bond donors (Lipinski definition) is 1. The average molecular weight is 504 g/mol. The van der Waals surface area contributed by atoms with Crippen LogP contribution in [0.5, 0.6) is 0 Å². The molecule has 0 atom stereocenters. The van der Waals surface area contributed by atoms with E-state index in [0.29, 0.717) is 19.7 Å². The lowest BCUT2D eigenvalue weighted by Gasteiger charge is -2.25. The molecule has 1 amide bonds. The maximum atomic E-state index is 12.3. The summed E-state index contributed by atoms with van der Waals surface area (Å²) >= 11 is 0. The molecular formula is C21H37IN4O2.